The third kappa shape index (κ3) is 3.52. The molecular weight excluding hydrogens is 294 g/mol. The van der Waals surface area contributed by atoms with Crippen molar-refractivity contribution in [1.82, 2.24) is 14.5 Å². The van der Waals surface area contributed by atoms with Gasteiger partial charge in [-0.25, -0.2) is 4.79 Å². The van der Waals surface area contributed by atoms with Crippen LogP contribution >= 0.6 is 0 Å². The fourth-order valence-corrected chi connectivity index (χ4v) is 2.71. The molecule has 0 aliphatic carbocycles. The Labute approximate surface area is 136 Å². The first-order valence-corrected chi connectivity index (χ1v) is 7.84. The Morgan fingerprint density at radius 2 is 2.00 bits per heavy atom. The highest BCUT2D eigenvalue weighted by atomic mass is 16.2. The fourth-order valence-electron chi connectivity index (χ4n) is 2.71. The zero-order valence-electron chi connectivity index (χ0n) is 14.4. The van der Waals surface area contributed by atoms with Crippen molar-refractivity contribution in [3.63, 3.8) is 0 Å². The van der Waals surface area contributed by atoms with E-state index in [1.54, 1.807) is 11.6 Å². The summed E-state index contributed by atoms with van der Waals surface area (Å²) in [5.41, 5.74) is 2.24. The van der Waals surface area contributed by atoms with Gasteiger partial charge < -0.3 is 10.1 Å². The van der Waals surface area contributed by atoms with Gasteiger partial charge in [0.2, 0.25) is 5.91 Å². The number of fused-ring (bicyclic) bond motifs is 1. The first kappa shape index (κ1) is 18.7. The summed E-state index contributed by atoms with van der Waals surface area (Å²) in [6.07, 6.45) is 1.29. The third-order valence-corrected chi connectivity index (χ3v) is 3.72. The number of aryl methyl sites for hydroxylation is 2. The fraction of sp³-hybridized carbons (Fsp3) is 0.471. The topological polar surface area (TPSA) is 73.1 Å². The van der Waals surface area contributed by atoms with Gasteiger partial charge >= 0.3 is 5.69 Å². The minimum Gasteiger partial charge on any atom is -0.357 e. The quantitative estimate of drug-likeness (QED) is 0.856. The molecule has 0 saturated heterocycles. The van der Waals surface area contributed by atoms with Crippen molar-refractivity contribution >= 4 is 23.2 Å². The van der Waals surface area contributed by atoms with E-state index in [9.17, 15) is 14.4 Å². The molecule has 1 aromatic carbocycles. The number of carbonyl (C=O) groups excluding carboxylic acids is 2. The minimum atomic E-state index is -0.682. The molecule has 6 heteroatoms. The van der Waals surface area contributed by atoms with Gasteiger partial charge in [-0.15, -0.1) is 0 Å². The second-order valence-electron chi connectivity index (χ2n) is 5.03. The second-order valence-corrected chi connectivity index (χ2v) is 5.03. The Bertz CT molecular complexity index is 743. The lowest BCUT2D eigenvalue weighted by Gasteiger charge is -2.16. The van der Waals surface area contributed by atoms with Crippen LogP contribution in [0.25, 0.3) is 11.0 Å². The van der Waals surface area contributed by atoms with Crippen LogP contribution in [-0.2, 0) is 16.6 Å². The largest absolute Gasteiger partial charge is 0.357 e. The number of benzene rings is 1. The number of carbonyl (C=O) groups is 2. The maximum absolute atomic E-state index is 12.5. The van der Waals surface area contributed by atoms with Crippen LogP contribution in [0.4, 0.5) is 0 Å². The minimum absolute atomic E-state index is 0.229. The monoisotopic (exact) mass is 319 g/mol. The van der Waals surface area contributed by atoms with Crippen molar-refractivity contribution < 1.29 is 9.59 Å². The van der Waals surface area contributed by atoms with Crippen LogP contribution in [0, 0.1) is 6.92 Å². The van der Waals surface area contributed by atoms with Gasteiger partial charge in [0, 0.05) is 20.5 Å². The van der Waals surface area contributed by atoms with Gasteiger partial charge in [-0.1, -0.05) is 26.0 Å². The van der Waals surface area contributed by atoms with Crippen LogP contribution in [0.1, 0.15) is 38.3 Å². The number of rotatable bonds is 5. The van der Waals surface area contributed by atoms with Crippen LogP contribution in [0.2, 0.25) is 0 Å². The highest BCUT2D eigenvalue weighted by Gasteiger charge is 2.25. The molecule has 1 aromatic heterocycles. The lowest BCUT2D eigenvalue weighted by atomic mass is 10.1. The van der Waals surface area contributed by atoms with Crippen molar-refractivity contribution in [1.29, 1.82) is 0 Å². The summed E-state index contributed by atoms with van der Waals surface area (Å²) in [6.45, 7) is 5.92. The number of para-hydroxylation sites is 1. The molecule has 0 saturated carbocycles. The highest BCUT2D eigenvalue weighted by molar-refractivity contribution is 5.85. The molecule has 0 radical (unpaired) electrons. The number of amides is 1. The molecule has 126 valence electrons. The second kappa shape index (κ2) is 8.31. The predicted molar refractivity (Wildman–Crippen MR) is 91.7 cm³/mol. The van der Waals surface area contributed by atoms with E-state index in [0.717, 1.165) is 17.4 Å². The Hall–Kier alpha value is -2.37. The molecule has 0 bridgehead atoms. The smallest absolute Gasteiger partial charge is 0.329 e. The normalized spacial score (nSPS) is 11.5. The molecule has 6 nitrogen and oxygen atoms in total. The molecule has 2 rings (SSSR count). The number of nitrogens with zero attached hydrogens (tertiary/aromatic N) is 2. The SMILES string of the molecule is CC.CNC(=O)C(CCC=O)n1c(=O)n(C)c2c(C)cccc21. The Morgan fingerprint density at radius 1 is 1.35 bits per heavy atom. The highest BCUT2D eigenvalue weighted by Crippen LogP contribution is 2.22. The van der Waals surface area contributed by atoms with Crippen molar-refractivity contribution in [2.24, 2.45) is 7.05 Å². The summed E-state index contributed by atoms with van der Waals surface area (Å²) < 4.78 is 3.02. The number of aromatic nitrogens is 2. The van der Waals surface area contributed by atoms with Crippen molar-refractivity contribution in [3.8, 4) is 0 Å². The Morgan fingerprint density at radius 3 is 2.57 bits per heavy atom. The summed E-state index contributed by atoms with van der Waals surface area (Å²) in [5, 5.41) is 2.56. The molecule has 0 spiro atoms. The van der Waals surface area contributed by atoms with E-state index in [1.807, 2.05) is 39.0 Å². The van der Waals surface area contributed by atoms with Gasteiger partial charge in [-0.2, -0.15) is 0 Å². The van der Waals surface area contributed by atoms with E-state index in [1.165, 1.54) is 11.6 Å². The predicted octanol–water partition coefficient (Wildman–Crippen LogP) is 1.94. The number of nitrogens with one attached hydrogen (secondary N) is 1. The van der Waals surface area contributed by atoms with E-state index < -0.39 is 6.04 Å². The summed E-state index contributed by atoms with van der Waals surface area (Å²) in [5.74, 6) is -0.270. The molecule has 23 heavy (non-hydrogen) atoms. The zero-order valence-corrected chi connectivity index (χ0v) is 14.4. The Kier molecular flexibility index (Phi) is 6.75. The van der Waals surface area contributed by atoms with Crippen molar-refractivity contribution in [3.05, 3.63) is 34.2 Å². The van der Waals surface area contributed by atoms with Gasteiger partial charge in [0.05, 0.1) is 11.0 Å². The number of hydrogen-bond donors (Lipinski definition) is 1. The first-order chi connectivity index (χ1) is 11.0. The molecule has 1 heterocycles. The first-order valence-electron chi connectivity index (χ1n) is 7.84. The van der Waals surface area contributed by atoms with Gasteiger partial charge in [0.1, 0.15) is 12.3 Å². The number of aldehydes is 1. The third-order valence-electron chi connectivity index (χ3n) is 3.72. The van der Waals surface area contributed by atoms with Gasteiger partial charge in [0.15, 0.2) is 0 Å². The summed E-state index contributed by atoms with van der Waals surface area (Å²) in [6, 6.07) is 4.92. The number of likely N-dealkylation sites (N-methyl/N-ethyl adjacent to an activating group) is 1. The summed E-state index contributed by atoms with van der Waals surface area (Å²) >= 11 is 0. The van der Waals surface area contributed by atoms with E-state index in [4.69, 9.17) is 0 Å². The van der Waals surface area contributed by atoms with E-state index in [2.05, 4.69) is 5.32 Å². The molecule has 0 aliphatic heterocycles. The molecule has 2 aromatic rings. The van der Waals surface area contributed by atoms with Crippen molar-refractivity contribution in [2.45, 2.75) is 39.7 Å². The lowest BCUT2D eigenvalue weighted by Crippen LogP contribution is -2.36. The zero-order chi connectivity index (χ0) is 17.6. The van der Waals surface area contributed by atoms with E-state index >= 15 is 0 Å². The van der Waals surface area contributed by atoms with Crippen LogP contribution in [-0.4, -0.2) is 28.4 Å². The van der Waals surface area contributed by atoms with Crippen LogP contribution < -0.4 is 11.0 Å². The van der Waals surface area contributed by atoms with Crippen LogP contribution in [0.3, 0.4) is 0 Å². The molecular formula is C17H25N3O3. The van der Waals surface area contributed by atoms with E-state index in [-0.39, 0.29) is 18.0 Å². The van der Waals surface area contributed by atoms with Crippen LogP contribution in [0.15, 0.2) is 23.0 Å². The lowest BCUT2D eigenvalue weighted by molar-refractivity contribution is -0.124. The summed E-state index contributed by atoms with van der Waals surface area (Å²) in [4.78, 5) is 35.3. The van der Waals surface area contributed by atoms with Crippen molar-refractivity contribution in [2.75, 3.05) is 7.05 Å². The average Bonchev–Trinajstić information content (AvgIpc) is 2.83. The maximum Gasteiger partial charge on any atom is 0.329 e. The van der Waals surface area contributed by atoms with Gasteiger partial charge in [-0.3, -0.25) is 13.9 Å². The molecule has 1 unspecified atom stereocenters. The average molecular weight is 319 g/mol. The van der Waals surface area contributed by atoms with Crippen LogP contribution in [0.5, 0.6) is 0 Å². The van der Waals surface area contributed by atoms with Gasteiger partial charge in [0.25, 0.3) is 0 Å². The molecule has 0 fully saturated rings. The number of imidazole rings is 1. The molecule has 1 atom stereocenters. The summed E-state index contributed by atoms with van der Waals surface area (Å²) in [7, 11) is 3.21. The Balaban J connectivity index is 0.00000127. The van der Waals surface area contributed by atoms with Gasteiger partial charge in [-0.05, 0) is 25.0 Å². The number of hydrogen-bond acceptors (Lipinski definition) is 3. The molecule has 0 aliphatic rings. The standard InChI is InChI=1S/C15H19N3O3.C2H6/c1-10-6-4-7-11-13(10)17(3)15(21)18(11)12(8-5-9-19)14(20)16-2;1-2/h4,6-7,9,12H,5,8H2,1-3H3,(H,16,20);1-2H3. The molecule has 1 N–H and O–H groups in total. The molecule has 1 amide bonds. The maximum atomic E-state index is 12.5. The van der Waals surface area contributed by atoms with E-state index in [0.29, 0.717) is 11.9 Å².